The van der Waals surface area contributed by atoms with Crippen molar-refractivity contribution in [2.75, 3.05) is 32.1 Å². The molecule has 0 saturated carbocycles. The minimum atomic E-state index is -3.76. The van der Waals surface area contributed by atoms with Gasteiger partial charge in [0.05, 0.1) is 22.9 Å². The monoisotopic (exact) mass is 450 g/mol. The van der Waals surface area contributed by atoms with Gasteiger partial charge in [-0.3, -0.25) is 4.79 Å². The van der Waals surface area contributed by atoms with E-state index in [0.29, 0.717) is 25.1 Å². The van der Waals surface area contributed by atoms with Gasteiger partial charge in [0, 0.05) is 25.8 Å². The van der Waals surface area contributed by atoms with E-state index in [1.165, 1.54) is 29.6 Å². The van der Waals surface area contributed by atoms with Crippen LogP contribution in [-0.2, 0) is 14.8 Å². The van der Waals surface area contributed by atoms with Crippen molar-refractivity contribution >= 4 is 33.2 Å². The molecule has 162 valence electrons. The van der Waals surface area contributed by atoms with Crippen LogP contribution in [0.3, 0.4) is 0 Å². The summed E-state index contributed by atoms with van der Waals surface area (Å²) in [5.41, 5.74) is 3.08. The number of anilines is 1. The number of piperidine rings is 1. The van der Waals surface area contributed by atoms with Crippen molar-refractivity contribution in [2.45, 2.75) is 31.6 Å². The molecule has 1 atom stereocenters. The molecule has 1 fully saturated rings. The highest BCUT2D eigenvalue weighted by Gasteiger charge is 2.35. The van der Waals surface area contributed by atoms with Crippen molar-refractivity contribution in [3.05, 3.63) is 52.5 Å². The average molecular weight is 451 g/mol. The Morgan fingerprint density at radius 2 is 1.90 bits per heavy atom. The SMILES string of the molecule is COc1ccc(S(=O)(=O)N2CCCC(C(=O)N(C)c3ccc(C)c(C)c3)C2)cc1Cl. The molecular weight excluding hydrogens is 424 g/mol. The number of benzene rings is 2. The maximum atomic E-state index is 13.1. The number of hydrogen-bond donors (Lipinski definition) is 0. The summed E-state index contributed by atoms with van der Waals surface area (Å²) in [5, 5.41) is 0.234. The highest BCUT2D eigenvalue weighted by Crippen LogP contribution is 2.31. The second-order valence-electron chi connectivity index (χ2n) is 7.66. The summed E-state index contributed by atoms with van der Waals surface area (Å²) in [5.74, 6) is -0.0582. The van der Waals surface area contributed by atoms with Crippen LogP contribution >= 0.6 is 11.6 Å². The van der Waals surface area contributed by atoms with Crippen LogP contribution in [0.25, 0.3) is 0 Å². The molecule has 0 N–H and O–H groups in total. The highest BCUT2D eigenvalue weighted by atomic mass is 35.5. The summed E-state index contributed by atoms with van der Waals surface area (Å²) in [6.07, 6.45) is 1.28. The number of sulfonamides is 1. The molecule has 6 nitrogen and oxygen atoms in total. The lowest BCUT2D eigenvalue weighted by atomic mass is 9.98. The number of methoxy groups -OCH3 is 1. The van der Waals surface area contributed by atoms with E-state index >= 15 is 0 Å². The van der Waals surface area contributed by atoms with E-state index in [4.69, 9.17) is 16.3 Å². The van der Waals surface area contributed by atoms with Crippen molar-refractivity contribution in [2.24, 2.45) is 5.92 Å². The van der Waals surface area contributed by atoms with Crippen LogP contribution in [0.2, 0.25) is 5.02 Å². The lowest BCUT2D eigenvalue weighted by Gasteiger charge is -2.33. The van der Waals surface area contributed by atoms with Crippen molar-refractivity contribution in [3.8, 4) is 5.75 Å². The lowest BCUT2D eigenvalue weighted by molar-refractivity contribution is -0.123. The molecule has 0 aliphatic carbocycles. The molecular formula is C22H27ClN2O4S. The van der Waals surface area contributed by atoms with Gasteiger partial charge in [0.25, 0.3) is 0 Å². The molecule has 1 aliphatic rings. The molecule has 30 heavy (non-hydrogen) atoms. The molecule has 0 aromatic heterocycles. The van der Waals surface area contributed by atoms with Crippen molar-refractivity contribution < 1.29 is 17.9 Å². The number of amides is 1. The molecule has 1 unspecified atom stereocenters. The fraction of sp³-hybridized carbons (Fsp3) is 0.409. The first-order valence-electron chi connectivity index (χ1n) is 9.83. The quantitative estimate of drug-likeness (QED) is 0.689. The molecule has 1 amide bonds. The van der Waals surface area contributed by atoms with Gasteiger partial charge in [0.1, 0.15) is 5.75 Å². The van der Waals surface area contributed by atoms with Gasteiger partial charge in [0.15, 0.2) is 0 Å². The summed E-state index contributed by atoms with van der Waals surface area (Å²) in [6, 6.07) is 10.3. The Balaban J connectivity index is 1.79. The fourth-order valence-electron chi connectivity index (χ4n) is 3.65. The third kappa shape index (κ3) is 4.48. The van der Waals surface area contributed by atoms with Gasteiger partial charge in [-0.1, -0.05) is 17.7 Å². The fourth-order valence-corrected chi connectivity index (χ4v) is 5.53. The van der Waals surface area contributed by atoms with Crippen LogP contribution in [0.4, 0.5) is 5.69 Å². The summed E-state index contributed by atoms with van der Waals surface area (Å²) in [6.45, 7) is 4.56. The van der Waals surface area contributed by atoms with E-state index in [1.54, 1.807) is 11.9 Å². The molecule has 2 aromatic carbocycles. The van der Waals surface area contributed by atoms with Crippen LogP contribution in [-0.4, -0.2) is 45.9 Å². The standard InChI is InChI=1S/C22H27ClN2O4S/c1-15-7-8-18(12-16(15)2)24(3)22(26)17-6-5-11-25(14-17)30(27,28)19-9-10-21(29-4)20(23)13-19/h7-10,12-13,17H,5-6,11,14H2,1-4H3. The zero-order valence-electron chi connectivity index (χ0n) is 17.7. The zero-order valence-corrected chi connectivity index (χ0v) is 19.3. The van der Waals surface area contributed by atoms with Crippen molar-refractivity contribution in [3.63, 3.8) is 0 Å². The summed E-state index contributed by atoms with van der Waals surface area (Å²) >= 11 is 6.12. The Kier molecular flexibility index (Phi) is 6.75. The number of carbonyl (C=O) groups excluding carboxylic acids is 1. The maximum Gasteiger partial charge on any atom is 0.243 e. The molecule has 1 saturated heterocycles. The van der Waals surface area contributed by atoms with Crippen LogP contribution in [0.5, 0.6) is 5.75 Å². The number of ether oxygens (including phenoxy) is 1. The minimum absolute atomic E-state index is 0.0779. The number of carbonyl (C=O) groups is 1. The summed E-state index contributed by atoms with van der Waals surface area (Å²) in [4.78, 5) is 14.8. The van der Waals surface area contributed by atoms with E-state index in [2.05, 4.69) is 0 Å². The zero-order chi connectivity index (χ0) is 22.1. The Morgan fingerprint density at radius 3 is 2.53 bits per heavy atom. The van der Waals surface area contributed by atoms with Gasteiger partial charge in [-0.2, -0.15) is 4.31 Å². The number of rotatable bonds is 5. The Morgan fingerprint density at radius 1 is 1.17 bits per heavy atom. The molecule has 0 bridgehead atoms. The van der Waals surface area contributed by atoms with Gasteiger partial charge in [0.2, 0.25) is 15.9 Å². The molecule has 0 spiro atoms. The number of nitrogens with zero attached hydrogens (tertiary/aromatic N) is 2. The molecule has 0 radical (unpaired) electrons. The van der Waals surface area contributed by atoms with E-state index in [-0.39, 0.29) is 22.4 Å². The lowest BCUT2D eigenvalue weighted by Crippen LogP contribution is -2.46. The van der Waals surface area contributed by atoms with Crippen molar-refractivity contribution in [1.29, 1.82) is 0 Å². The number of halogens is 1. The van der Waals surface area contributed by atoms with Gasteiger partial charge in [-0.05, 0) is 68.1 Å². The minimum Gasteiger partial charge on any atom is -0.495 e. The molecule has 8 heteroatoms. The van der Waals surface area contributed by atoms with Crippen LogP contribution in [0.1, 0.15) is 24.0 Å². The molecule has 1 aliphatic heterocycles. The first-order chi connectivity index (χ1) is 14.1. The molecule has 3 rings (SSSR count). The van der Waals surface area contributed by atoms with E-state index in [9.17, 15) is 13.2 Å². The smallest absolute Gasteiger partial charge is 0.243 e. The topological polar surface area (TPSA) is 66.9 Å². The van der Waals surface area contributed by atoms with Crippen LogP contribution < -0.4 is 9.64 Å². The van der Waals surface area contributed by atoms with Crippen LogP contribution in [0, 0.1) is 19.8 Å². The first kappa shape index (κ1) is 22.6. The average Bonchev–Trinajstić information content (AvgIpc) is 2.74. The number of aryl methyl sites for hydroxylation is 2. The maximum absolute atomic E-state index is 13.1. The second kappa shape index (κ2) is 8.96. The van der Waals surface area contributed by atoms with Gasteiger partial charge < -0.3 is 9.64 Å². The predicted molar refractivity (Wildman–Crippen MR) is 119 cm³/mol. The van der Waals surface area contributed by atoms with Gasteiger partial charge in [-0.25, -0.2) is 8.42 Å². The highest BCUT2D eigenvalue weighted by molar-refractivity contribution is 7.89. The van der Waals surface area contributed by atoms with E-state index in [1.807, 2.05) is 32.0 Å². The largest absolute Gasteiger partial charge is 0.495 e. The Hall–Kier alpha value is -2.09. The van der Waals surface area contributed by atoms with E-state index in [0.717, 1.165) is 16.8 Å². The second-order valence-corrected chi connectivity index (χ2v) is 10.0. The third-order valence-electron chi connectivity index (χ3n) is 5.70. The number of hydrogen-bond acceptors (Lipinski definition) is 4. The van der Waals surface area contributed by atoms with E-state index < -0.39 is 15.9 Å². The van der Waals surface area contributed by atoms with Gasteiger partial charge >= 0.3 is 0 Å². The first-order valence-corrected chi connectivity index (χ1v) is 11.7. The Labute approximate surface area is 183 Å². The summed E-state index contributed by atoms with van der Waals surface area (Å²) in [7, 11) is -0.542. The predicted octanol–water partition coefficient (Wildman–Crippen LogP) is 4.03. The van der Waals surface area contributed by atoms with Gasteiger partial charge in [-0.15, -0.1) is 0 Å². The summed E-state index contributed by atoms with van der Waals surface area (Å²) < 4.78 is 32.7. The third-order valence-corrected chi connectivity index (χ3v) is 7.86. The van der Waals surface area contributed by atoms with Crippen molar-refractivity contribution in [1.82, 2.24) is 4.31 Å². The molecule has 2 aromatic rings. The molecule has 1 heterocycles. The van der Waals surface area contributed by atoms with Crippen LogP contribution in [0.15, 0.2) is 41.3 Å². The Bertz CT molecular complexity index is 1060. The normalized spacial score (nSPS) is 17.6.